The van der Waals surface area contributed by atoms with Crippen LogP contribution in [-0.4, -0.2) is 37.4 Å². The summed E-state index contributed by atoms with van der Waals surface area (Å²) in [5.41, 5.74) is 3.30. The van der Waals surface area contributed by atoms with Crippen LogP contribution >= 0.6 is 0 Å². The molecule has 0 aromatic carbocycles. The maximum atomic E-state index is 5.88. The highest BCUT2D eigenvalue weighted by molar-refractivity contribution is 5.41. The standard InChI is InChI=1S/C17H30N2O2/c1-7-16(21-9-3)15(18-8-2)10-14-13(5)17(20-6)12(4)11-19-14/h11,15-16,18H,7-10H2,1-6H3. The molecule has 1 heterocycles. The number of aromatic nitrogens is 1. The third-order valence-electron chi connectivity index (χ3n) is 3.86. The molecule has 1 aromatic rings. The summed E-state index contributed by atoms with van der Waals surface area (Å²) in [5, 5.41) is 3.54. The van der Waals surface area contributed by atoms with Gasteiger partial charge in [-0.1, -0.05) is 13.8 Å². The van der Waals surface area contributed by atoms with Gasteiger partial charge in [-0.25, -0.2) is 0 Å². The summed E-state index contributed by atoms with van der Waals surface area (Å²) in [7, 11) is 1.72. The summed E-state index contributed by atoms with van der Waals surface area (Å²) in [6.45, 7) is 12.1. The molecule has 4 heteroatoms. The Balaban J connectivity index is 2.98. The Morgan fingerprint density at radius 2 is 1.95 bits per heavy atom. The summed E-state index contributed by atoms with van der Waals surface area (Å²) in [4.78, 5) is 4.61. The highest BCUT2D eigenvalue weighted by atomic mass is 16.5. The van der Waals surface area contributed by atoms with Gasteiger partial charge in [-0.15, -0.1) is 0 Å². The number of nitrogens with one attached hydrogen (secondary N) is 1. The molecule has 1 N–H and O–H groups in total. The van der Waals surface area contributed by atoms with E-state index in [2.05, 4.69) is 31.1 Å². The Labute approximate surface area is 129 Å². The first kappa shape index (κ1) is 17.9. The number of pyridine rings is 1. The summed E-state index contributed by atoms with van der Waals surface area (Å²) in [6.07, 6.45) is 3.96. The number of ether oxygens (including phenoxy) is 2. The Bertz CT molecular complexity index is 435. The molecule has 0 aliphatic heterocycles. The van der Waals surface area contributed by atoms with Crippen LogP contribution in [0, 0.1) is 13.8 Å². The summed E-state index contributed by atoms with van der Waals surface area (Å²) < 4.78 is 11.4. The van der Waals surface area contributed by atoms with Gasteiger partial charge in [0.15, 0.2) is 0 Å². The summed E-state index contributed by atoms with van der Waals surface area (Å²) >= 11 is 0. The molecule has 2 atom stereocenters. The lowest BCUT2D eigenvalue weighted by atomic mass is 9.99. The lowest BCUT2D eigenvalue weighted by molar-refractivity contribution is 0.0320. The second-order valence-corrected chi connectivity index (χ2v) is 5.32. The fourth-order valence-electron chi connectivity index (χ4n) is 2.82. The van der Waals surface area contributed by atoms with Crippen LogP contribution in [0.5, 0.6) is 5.75 Å². The molecule has 0 spiro atoms. The minimum Gasteiger partial charge on any atom is -0.496 e. The molecule has 4 nitrogen and oxygen atoms in total. The highest BCUT2D eigenvalue weighted by Crippen LogP contribution is 2.25. The molecule has 0 fully saturated rings. The largest absolute Gasteiger partial charge is 0.496 e. The van der Waals surface area contributed by atoms with E-state index in [1.165, 1.54) is 0 Å². The number of methoxy groups -OCH3 is 1. The Morgan fingerprint density at radius 1 is 1.24 bits per heavy atom. The quantitative estimate of drug-likeness (QED) is 0.760. The monoisotopic (exact) mass is 294 g/mol. The number of likely N-dealkylation sites (N-methyl/N-ethyl adjacent to an activating group) is 1. The molecule has 0 aliphatic rings. The molecular weight excluding hydrogens is 264 g/mol. The van der Waals surface area contributed by atoms with Gasteiger partial charge in [-0.05, 0) is 33.7 Å². The van der Waals surface area contributed by atoms with Gasteiger partial charge < -0.3 is 14.8 Å². The normalized spacial score (nSPS) is 14.0. The van der Waals surface area contributed by atoms with Crippen molar-refractivity contribution in [2.45, 2.75) is 59.6 Å². The van der Waals surface area contributed by atoms with E-state index in [1.807, 2.05) is 20.0 Å². The Kier molecular flexibility index (Phi) is 7.68. The molecule has 0 radical (unpaired) electrons. The average Bonchev–Trinajstić information content (AvgIpc) is 2.47. The van der Waals surface area contributed by atoms with Crippen molar-refractivity contribution in [2.24, 2.45) is 0 Å². The SMILES string of the molecule is CCNC(Cc1ncc(C)c(OC)c1C)C(CC)OCC. The highest BCUT2D eigenvalue weighted by Gasteiger charge is 2.22. The zero-order valence-corrected chi connectivity index (χ0v) is 14.3. The zero-order valence-electron chi connectivity index (χ0n) is 14.3. The lowest BCUT2D eigenvalue weighted by Gasteiger charge is -2.27. The second-order valence-electron chi connectivity index (χ2n) is 5.32. The van der Waals surface area contributed by atoms with Crippen molar-refractivity contribution in [3.8, 4) is 5.75 Å². The third kappa shape index (κ3) is 4.68. The molecule has 0 saturated carbocycles. The molecule has 0 amide bonds. The summed E-state index contributed by atoms with van der Waals surface area (Å²) in [5.74, 6) is 0.944. The first-order valence-electron chi connectivity index (χ1n) is 7.92. The third-order valence-corrected chi connectivity index (χ3v) is 3.86. The molecule has 0 bridgehead atoms. The zero-order chi connectivity index (χ0) is 15.8. The van der Waals surface area contributed by atoms with Gasteiger partial charge in [-0.3, -0.25) is 4.98 Å². The summed E-state index contributed by atoms with van der Waals surface area (Å²) in [6, 6.07) is 0.276. The molecule has 120 valence electrons. The van der Waals surface area contributed by atoms with Gasteiger partial charge in [0.05, 0.1) is 13.2 Å². The smallest absolute Gasteiger partial charge is 0.128 e. The minimum absolute atomic E-state index is 0.212. The van der Waals surface area contributed by atoms with Gasteiger partial charge in [-0.2, -0.15) is 0 Å². The molecule has 2 unspecified atom stereocenters. The van der Waals surface area contributed by atoms with Crippen LogP contribution in [0.15, 0.2) is 6.20 Å². The fraction of sp³-hybridized carbons (Fsp3) is 0.706. The molecule has 0 aliphatic carbocycles. The van der Waals surface area contributed by atoms with E-state index in [1.54, 1.807) is 7.11 Å². The topological polar surface area (TPSA) is 43.4 Å². The first-order chi connectivity index (χ1) is 10.1. The fourth-order valence-corrected chi connectivity index (χ4v) is 2.82. The van der Waals surface area contributed by atoms with E-state index in [0.29, 0.717) is 0 Å². The Morgan fingerprint density at radius 3 is 2.48 bits per heavy atom. The second kappa shape index (κ2) is 9.00. The van der Waals surface area contributed by atoms with E-state index in [9.17, 15) is 0 Å². The van der Waals surface area contributed by atoms with Crippen LogP contribution in [0.4, 0.5) is 0 Å². The van der Waals surface area contributed by atoms with Gasteiger partial charge in [0.25, 0.3) is 0 Å². The average molecular weight is 294 g/mol. The lowest BCUT2D eigenvalue weighted by Crippen LogP contribution is -2.43. The van der Waals surface area contributed by atoms with Crippen LogP contribution in [0.1, 0.15) is 44.0 Å². The van der Waals surface area contributed by atoms with Crippen molar-refractivity contribution in [3.63, 3.8) is 0 Å². The number of aryl methyl sites for hydroxylation is 1. The van der Waals surface area contributed by atoms with Gasteiger partial charge in [0, 0.05) is 42.1 Å². The van der Waals surface area contributed by atoms with Gasteiger partial charge >= 0.3 is 0 Å². The number of hydrogen-bond donors (Lipinski definition) is 1. The molecule has 1 rings (SSSR count). The van der Waals surface area contributed by atoms with Crippen LogP contribution in [0.2, 0.25) is 0 Å². The molecule has 21 heavy (non-hydrogen) atoms. The van der Waals surface area contributed by atoms with Gasteiger partial charge in [0.2, 0.25) is 0 Å². The predicted octanol–water partition coefficient (Wildman–Crippen LogP) is 3.04. The van der Waals surface area contributed by atoms with Crippen molar-refractivity contribution in [1.29, 1.82) is 0 Å². The van der Waals surface area contributed by atoms with Crippen molar-refractivity contribution in [3.05, 3.63) is 23.0 Å². The van der Waals surface area contributed by atoms with Crippen LogP contribution in [0.3, 0.4) is 0 Å². The van der Waals surface area contributed by atoms with Crippen LogP contribution < -0.4 is 10.1 Å². The van der Waals surface area contributed by atoms with Gasteiger partial charge in [0.1, 0.15) is 5.75 Å². The first-order valence-corrected chi connectivity index (χ1v) is 7.92. The maximum Gasteiger partial charge on any atom is 0.128 e. The number of nitrogens with zero attached hydrogens (tertiary/aromatic N) is 1. The number of rotatable bonds is 9. The Hall–Kier alpha value is -1.13. The molecule has 1 aromatic heterocycles. The van der Waals surface area contributed by atoms with E-state index in [4.69, 9.17) is 9.47 Å². The predicted molar refractivity (Wildman–Crippen MR) is 87.1 cm³/mol. The minimum atomic E-state index is 0.212. The van der Waals surface area contributed by atoms with E-state index >= 15 is 0 Å². The molecular formula is C17H30N2O2. The van der Waals surface area contributed by atoms with Crippen molar-refractivity contribution in [2.75, 3.05) is 20.3 Å². The maximum absolute atomic E-state index is 5.88. The van der Waals surface area contributed by atoms with E-state index in [0.717, 1.165) is 48.6 Å². The van der Waals surface area contributed by atoms with E-state index in [-0.39, 0.29) is 12.1 Å². The number of hydrogen-bond acceptors (Lipinski definition) is 4. The van der Waals surface area contributed by atoms with Crippen LogP contribution in [0.25, 0.3) is 0 Å². The van der Waals surface area contributed by atoms with Crippen molar-refractivity contribution >= 4 is 0 Å². The van der Waals surface area contributed by atoms with Crippen LogP contribution in [-0.2, 0) is 11.2 Å². The van der Waals surface area contributed by atoms with E-state index < -0.39 is 0 Å². The van der Waals surface area contributed by atoms with Crippen molar-refractivity contribution in [1.82, 2.24) is 10.3 Å². The molecule has 0 saturated heterocycles. The van der Waals surface area contributed by atoms with Crippen molar-refractivity contribution < 1.29 is 9.47 Å².